The highest BCUT2D eigenvalue weighted by atomic mass is 32.1. The number of benzene rings is 1. The first-order valence-corrected chi connectivity index (χ1v) is 25.3. The number of Topliss-reactive ketones (excluding diaryl/α,β-unsaturated/α-hetero) is 1. The summed E-state index contributed by atoms with van der Waals surface area (Å²) in [6.45, 7) is 1.61. The van der Waals surface area contributed by atoms with E-state index in [1.54, 1.807) is 24.3 Å². The molecule has 0 aliphatic carbocycles. The van der Waals surface area contributed by atoms with Crippen molar-refractivity contribution in [1.29, 1.82) is 0 Å². The second-order valence-corrected chi connectivity index (χ2v) is 18.6. The first-order valence-electron chi connectivity index (χ1n) is 24.5. The average Bonchev–Trinajstić information content (AvgIpc) is 3.42. The number of ketones is 1. The van der Waals surface area contributed by atoms with Gasteiger partial charge in [-0.2, -0.15) is 4.99 Å². The molecular formula is C51H63N13O12S2. The minimum absolute atomic E-state index is 0.0183. The number of aromatic nitrogens is 4. The Kier molecular flexibility index (Phi) is 22.7. The predicted octanol–water partition coefficient (Wildman–Crippen LogP) is 0.230. The van der Waals surface area contributed by atoms with Crippen LogP contribution in [-0.4, -0.2) is 160 Å². The Morgan fingerprint density at radius 2 is 1.03 bits per heavy atom. The van der Waals surface area contributed by atoms with Crippen molar-refractivity contribution in [3.8, 4) is 23.0 Å². The van der Waals surface area contributed by atoms with Gasteiger partial charge in [-0.3, -0.25) is 48.2 Å². The molecule has 3 amide bonds. The summed E-state index contributed by atoms with van der Waals surface area (Å²) in [4.78, 5) is 111. The summed E-state index contributed by atoms with van der Waals surface area (Å²) in [5.41, 5.74) is -2.58. The number of carbonyl (C=O) groups is 4. The molecule has 0 spiro atoms. The lowest BCUT2D eigenvalue weighted by atomic mass is 10.1. The van der Waals surface area contributed by atoms with Crippen LogP contribution in [0, 0.1) is 0 Å². The van der Waals surface area contributed by atoms with Crippen LogP contribution < -0.4 is 54.1 Å². The van der Waals surface area contributed by atoms with Crippen LogP contribution in [0.4, 0.5) is 11.4 Å². The molecule has 0 aliphatic heterocycles. The Balaban J connectivity index is 1.36. The predicted molar refractivity (Wildman–Crippen MR) is 299 cm³/mol. The first-order chi connectivity index (χ1) is 37.2. The molecule has 27 heteroatoms. The molecule has 78 heavy (non-hydrogen) atoms. The second kappa shape index (κ2) is 29.3. The number of anilines is 1. The van der Waals surface area contributed by atoms with Crippen molar-refractivity contribution in [2.24, 2.45) is 33.2 Å². The third-order valence-electron chi connectivity index (χ3n) is 12.4. The van der Waals surface area contributed by atoms with Gasteiger partial charge in [0.15, 0.2) is 33.9 Å². The molecule has 0 saturated heterocycles. The molecule has 4 heterocycles. The smallest absolute Gasteiger partial charge is 0.293 e. The van der Waals surface area contributed by atoms with Gasteiger partial charge in [-0.15, -0.1) is 0 Å². The van der Waals surface area contributed by atoms with Gasteiger partial charge in [0.25, 0.3) is 40.0 Å². The number of unbranched alkanes of at least 4 members (excludes halogenated alkanes) is 1. The molecule has 416 valence electrons. The van der Waals surface area contributed by atoms with Gasteiger partial charge in [-0.1, -0.05) is 0 Å². The van der Waals surface area contributed by atoms with E-state index in [1.165, 1.54) is 77.2 Å². The molecular weight excluding hydrogens is 1050 g/mol. The number of thiocarbonyl (C=S) groups is 2. The van der Waals surface area contributed by atoms with Crippen LogP contribution in [0.2, 0.25) is 0 Å². The van der Waals surface area contributed by atoms with Crippen molar-refractivity contribution in [1.82, 2.24) is 54.7 Å². The van der Waals surface area contributed by atoms with Crippen LogP contribution in [-0.2, 0) is 28.2 Å². The number of nitrogens with zero attached hydrogens (tertiary/aromatic N) is 7. The fourth-order valence-corrected chi connectivity index (χ4v) is 8.20. The number of rotatable bonds is 28. The van der Waals surface area contributed by atoms with E-state index in [2.05, 4.69) is 54.3 Å². The van der Waals surface area contributed by atoms with Crippen LogP contribution in [0.5, 0.6) is 23.0 Å². The normalized spacial score (nSPS) is 11.4. The van der Waals surface area contributed by atoms with E-state index >= 15 is 0 Å². The van der Waals surface area contributed by atoms with Crippen molar-refractivity contribution in [3.05, 3.63) is 137 Å². The maximum absolute atomic E-state index is 13.9. The van der Waals surface area contributed by atoms with Gasteiger partial charge in [0.05, 0.1) is 39.6 Å². The Labute approximate surface area is 457 Å². The molecule has 10 N–H and O–H groups in total. The monoisotopic (exact) mass is 1110 g/mol. The summed E-state index contributed by atoms with van der Waals surface area (Å²) in [5, 5.41) is 62.4. The number of isothiocyanates is 1. The minimum Gasteiger partial charge on any atom is -0.503 e. The second-order valence-electron chi connectivity index (χ2n) is 18.0. The lowest BCUT2D eigenvalue weighted by Crippen LogP contribution is -2.49. The van der Waals surface area contributed by atoms with Gasteiger partial charge < -0.3 is 70.6 Å². The number of amides is 3. The lowest BCUT2D eigenvalue weighted by Gasteiger charge is -2.31. The van der Waals surface area contributed by atoms with E-state index < -0.39 is 74.8 Å². The van der Waals surface area contributed by atoms with E-state index in [-0.39, 0.29) is 87.7 Å². The van der Waals surface area contributed by atoms with Crippen LogP contribution in [0.15, 0.2) is 97.5 Å². The zero-order chi connectivity index (χ0) is 57.1. The summed E-state index contributed by atoms with van der Waals surface area (Å²) in [5.74, 6) is -5.58. The Bertz CT molecular complexity index is 3280. The van der Waals surface area contributed by atoms with Gasteiger partial charge in [-0.05, 0) is 92.2 Å². The SMILES string of the molecule is Cn1ccc(C(=O)CNCCN(CCNC(=O)c2ccn(C)c(=O)c2O)CCN(CCNC(=O)c2ccn(C)c(=O)c2O)CC(CCCCNC(=S)Nc2ccc(N=C=S)cc2)NC(=O)c2ccn(C)c(=O)c2O)c(O)c1=O. The Hall–Kier alpha value is -8.33. The van der Waals surface area contributed by atoms with Gasteiger partial charge >= 0.3 is 0 Å². The van der Waals surface area contributed by atoms with Crippen LogP contribution in [0.3, 0.4) is 0 Å². The highest BCUT2D eigenvalue weighted by molar-refractivity contribution is 7.80. The van der Waals surface area contributed by atoms with E-state index in [1.807, 2.05) is 9.80 Å². The molecule has 0 fully saturated rings. The van der Waals surface area contributed by atoms with Crippen molar-refractivity contribution in [2.75, 3.05) is 77.3 Å². The highest BCUT2D eigenvalue weighted by Gasteiger charge is 2.23. The molecule has 5 rings (SSSR count). The van der Waals surface area contributed by atoms with Gasteiger partial charge in [0.1, 0.15) is 0 Å². The molecule has 5 aromatic rings. The average molecular weight is 1110 g/mol. The first kappa shape index (κ1) is 60.5. The lowest BCUT2D eigenvalue weighted by molar-refractivity contribution is 0.0906. The molecule has 0 radical (unpaired) electrons. The van der Waals surface area contributed by atoms with Gasteiger partial charge in [0.2, 0.25) is 0 Å². The van der Waals surface area contributed by atoms with Gasteiger partial charge in [0, 0.05) is 130 Å². The van der Waals surface area contributed by atoms with Gasteiger partial charge in [-0.25, -0.2) is 0 Å². The number of carbonyl (C=O) groups excluding carboxylic acids is 4. The van der Waals surface area contributed by atoms with Crippen molar-refractivity contribution >= 4 is 69.6 Å². The third kappa shape index (κ3) is 17.1. The summed E-state index contributed by atoms with van der Waals surface area (Å²) in [6, 6.07) is 11.7. The molecule has 0 saturated carbocycles. The summed E-state index contributed by atoms with van der Waals surface area (Å²) in [6.07, 6.45) is 6.89. The maximum atomic E-state index is 13.9. The number of aryl methyl sites for hydroxylation is 4. The van der Waals surface area contributed by atoms with E-state index in [0.29, 0.717) is 42.3 Å². The number of aliphatic imine (C=N–C) groups is 1. The largest absolute Gasteiger partial charge is 0.503 e. The third-order valence-corrected chi connectivity index (χ3v) is 12.8. The highest BCUT2D eigenvalue weighted by Crippen LogP contribution is 2.17. The number of pyridine rings is 4. The Morgan fingerprint density at radius 3 is 1.54 bits per heavy atom. The number of aromatic hydroxyl groups is 4. The minimum atomic E-state index is -0.780. The molecule has 25 nitrogen and oxygen atoms in total. The molecule has 1 aromatic carbocycles. The molecule has 0 bridgehead atoms. The fraction of sp³-hybridized carbons (Fsp3) is 0.373. The molecule has 4 aromatic heterocycles. The topological polar surface area (TPSA) is 328 Å². The van der Waals surface area contributed by atoms with E-state index in [4.69, 9.17) is 12.2 Å². The van der Waals surface area contributed by atoms with Crippen molar-refractivity contribution < 1.29 is 39.6 Å². The summed E-state index contributed by atoms with van der Waals surface area (Å²) in [7, 11) is 5.71. The van der Waals surface area contributed by atoms with Crippen LogP contribution >= 0.6 is 24.4 Å². The molecule has 1 atom stereocenters. The standard InChI is InChI=1S/C51H63N13O12S2/c1-59-20-12-35(40(66)47(59)73)39(65)29-52-17-24-63(25-18-53-44(70)36-13-21-60(2)48(74)41(36)67)27-28-64(26-19-54-45(71)37-14-22-61(3)49(75)42(37)68)30-34(57-46(72)38-15-23-62(4)50(76)43(38)69)7-5-6-16-55-51(78)58-33-10-8-32(9-11-33)56-31-77/h8-15,20-23,34,52,66-69H,5-7,16-19,24-30H2,1-4H3,(H,53,70)(H,54,71)(H,57,72)(H2,55,58,78). The summed E-state index contributed by atoms with van der Waals surface area (Å²) >= 11 is 10.2. The van der Waals surface area contributed by atoms with Crippen molar-refractivity contribution in [2.45, 2.75) is 25.3 Å². The Morgan fingerprint density at radius 1 is 0.577 bits per heavy atom. The maximum Gasteiger partial charge on any atom is 0.293 e. The van der Waals surface area contributed by atoms with Crippen molar-refractivity contribution in [3.63, 3.8) is 0 Å². The zero-order valence-electron chi connectivity index (χ0n) is 43.4. The van der Waals surface area contributed by atoms with E-state index in [9.17, 15) is 58.8 Å². The summed E-state index contributed by atoms with van der Waals surface area (Å²) < 4.78 is 4.50. The number of nitrogens with one attached hydrogen (secondary N) is 6. The number of hydrogen-bond donors (Lipinski definition) is 10. The fourth-order valence-electron chi connectivity index (χ4n) is 7.88. The zero-order valence-corrected chi connectivity index (χ0v) is 45.0. The number of hydrogen-bond acceptors (Lipinski definition) is 18. The quantitative estimate of drug-likeness (QED) is 0.0139. The van der Waals surface area contributed by atoms with Crippen LogP contribution in [0.25, 0.3) is 0 Å². The molecule has 0 aliphatic rings. The molecule has 1 unspecified atom stereocenters. The van der Waals surface area contributed by atoms with Crippen LogP contribution in [0.1, 0.15) is 60.7 Å². The van der Waals surface area contributed by atoms with E-state index in [0.717, 1.165) is 18.3 Å².